The summed E-state index contributed by atoms with van der Waals surface area (Å²) in [6, 6.07) is 12.5. The van der Waals surface area contributed by atoms with Crippen LogP contribution in [0.3, 0.4) is 0 Å². The number of aromatic nitrogens is 1. The summed E-state index contributed by atoms with van der Waals surface area (Å²) in [7, 11) is 0. The van der Waals surface area contributed by atoms with Gasteiger partial charge in [-0.3, -0.25) is 4.79 Å². The Hall–Kier alpha value is -3.26. The highest BCUT2D eigenvalue weighted by Crippen LogP contribution is 2.34. The minimum Gasteiger partial charge on any atom is -0.486 e. The minimum absolute atomic E-state index is 0.303. The summed E-state index contributed by atoms with van der Waals surface area (Å²) in [4.78, 5) is 30.3. The molecule has 28 heavy (non-hydrogen) atoms. The molecule has 0 saturated carbocycles. The van der Waals surface area contributed by atoms with E-state index < -0.39 is 5.97 Å². The molecule has 0 saturated heterocycles. The fourth-order valence-electron chi connectivity index (χ4n) is 2.82. The van der Waals surface area contributed by atoms with Gasteiger partial charge in [0, 0.05) is 22.8 Å². The molecule has 0 bridgehead atoms. The third kappa shape index (κ3) is 4.01. The maximum absolute atomic E-state index is 12.9. The number of aromatic amines is 1. The maximum atomic E-state index is 12.9. The summed E-state index contributed by atoms with van der Waals surface area (Å²) in [5, 5.41) is 1.95. The van der Waals surface area contributed by atoms with Crippen LogP contribution in [0.4, 0.5) is 5.69 Å². The van der Waals surface area contributed by atoms with Gasteiger partial charge in [0.15, 0.2) is 18.1 Å². The molecule has 144 valence electrons. The molecule has 3 heterocycles. The molecule has 1 aliphatic heterocycles. The number of nitrogens with zero attached hydrogens (tertiary/aromatic N) is 1. The van der Waals surface area contributed by atoms with Crippen LogP contribution in [-0.4, -0.2) is 36.7 Å². The Morgan fingerprint density at radius 1 is 1.11 bits per heavy atom. The molecule has 0 unspecified atom stereocenters. The molecule has 8 heteroatoms. The largest absolute Gasteiger partial charge is 0.486 e. The number of anilines is 1. The molecule has 1 aromatic carbocycles. The number of esters is 1. The lowest BCUT2D eigenvalue weighted by Gasteiger charge is -2.25. The number of H-pyrrole nitrogens is 1. The summed E-state index contributed by atoms with van der Waals surface area (Å²) >= 11 is 1.55. The van der Waals surface area contributed by atoms with Crippen LogP contribution in [0.5, 0.6) is 11.5 Å². The fraction of sp³-hybridized carbons (Fsp3) is 0.200. The van der Waals surface area contributed by atoms with Crippen molar-refractivity contribution in [3.05, 3.63) is 64.6 Å². The van der Waals surface area contributed by atoms with Gasteiger partial charge in [-0.15, -0.1) is 11.3 Å². The van der Waals surface area contributed by atoms with Crippen molar-refractivity contribution in [3.8, 4) is 11.5 Å². The van der Waals surface area contributed by atoms with E-state index in [1.54, 1.807) is 52.8 Å². The Labute approximate surface area is 165 Å². The molecule has 1 N–H and O–H groups in total. The van der Waals surface area contributed by atoms with Crippen molar-refractivity contribution in [2.75, 3.05) is 24.7 Å². The van der Waals surface area contributed by atoms with E-state index in [0.717, 1.165) is 4.88 Å². The van der Waals surface area contributed by atoms with Crippen molar-refractivity contribution in [1.29, 1.82) is 0 Å². The predicted molar refractivity (Wildman–Crippen MR) is 104 cm³/mol. The van der Waals surface area contributed by atoms with Crippen LogP contribution < -0.4 is 14.4 Å². The Morgan fingerprint density at radius 2 is 1.96 bits per heavy atom. The monoisotopic (exact) mass is 398 g/mol. The van der Waals surface area contributed by atoms with E-state index in [0.29, 0.717) is 42.6 Å². The van der Waals surface area contributed by atoms with Crippen LogP contribution in [0.25, 0.3) is 0 Å². The number of amides is 1. The summed E-state index contributed by atoms with van der Waals surface area (Å²) < 4.78 is 16.3. The van der Waals surface area contributed by atoms with Gasteiger partial charge in [0.25, 0.3) is 5.91 Å². The van der Waals surface area contributed by atoms with Crippen LogP contribution in [0, 0.1) is 0 Å². The van der Waals surface area contributed by atoms with Crippen molar-refractivity contribution in [1.82, 2.24) is 4.98 Å². The van der Waals surface area contributed by atoms with Crippen LogP contribution in [-0.2, 0) is 16.1 Å². The minimum atomic E-state index is -0.573. The summed E-state index contributed by atoms with van der Waals surface area (Å²) in [6.45, 7) is 0.968. The number of fused-ring (bicyclic) bond motifs is 1. The highest BCUT2D eigenvalue weighted by Gasteiger charge is 2.22. The van der Waals surface area contributed by atoms with Gasteiger partial charge in [-0.1, -0.05) is 6.07 Å². The van der Waals surface area contributed by atoms with Crippen molar-refractivity contribution < 1.29 is 23.8 Å². The smallest absolute Gasteiger partial charge is 0.355 e. The van der Waals surface area contributed by atoms with E-state index in [-0.39, 0.29) is 12.5 Å². The zero-order chi connectivity index (χ0) is 19.3. The first-order chi connectivity index (χ1) is 13.7. The Morgan fingerprint density at radius 3 is 2.71 bits per heavy atom. The third-order valence-corrected chi connectivity index (χ3v) is 5.04. The zero-order valence-electron chi connectivity index (χ0n) is 14.9. The molecular formula is C20H18N2O5S. The van der Waals surface area contributed by atoms with E-state index in [1.807, 2.05) is 17.5 Å². The van der Waals surface area contributed by atoms with Crippen molar-refractivity contribution >= 4 is 28.9 Å². The predicted octanol–water partition coefficient (Wildman–Crippen LogP) is 3.24. The number of carbonyl (C=O) groups is 2. The van der Waals surface area contributed by atoms with E-state index in [1.165, 1.54) is 0 Å². The SMILES string of the molecule is O=C(OCC(=O)N(Cc1cccs1)c1ccc2c(c1)OCCO2)c1ccc[nH]1. The van der Waals surface area contributed by atoms with Gasteiger partial charge in [0.2, 0.25) is 0 Å². The molecule has 1 amide bonds. The first-order valence-corrected chi connectivity index (χ1v) is 9.61. The molecule has 0 spiro atoms. The van der Waals surface area contributed by atoms with Gasteiger partial charge in [-0.05, 0) is 35.7 Å². The molecular weight excluding hydrogens is 380 g/mol. The standard InChI is InChI=1S/C20H18N2O5S/c23-19(13-27-20(24)16-4-1-7-21-16)22(12-15-3-2-10-28-15)14-5-6-17-18(11-14)26-9-8-25-17/h1-7,10-11,21H,8-9,12-13H2. The molecule has 1 aliphatic rings. The highest BCUT2D eigenvalue weighted by molar-refractivity contribution is 7.09. The van der Waals surface area contributed by atoms with E-state index in [2.05, 4.69) is 4.98 Å². The highest BCUT2D eigenvalue weighted by atomic mass is 32.1. The molecule has 0 fully saturated rings. The Kier molecular flexibility index (Phi) is 5.29. The van der Waals surface area contributed by atoms with Gasteiger partial charge in [-0.2, -0.15) is 0 Å². The van der Waals surface area contributed by atoms with Gasteiger partial charge < -0.3 is 24.1 Å². The van der Waals surface area contributed by atoms with Crippen molar-refractivity contribution in [2.45, 2.75) is 6.54 Å². The van der Waals surface area contributed by atoms with E-state index >= 15 is 0 Å². The molecule has 7 nitrogen and oxygen atoms in total. The number of hydrogen-bond acceptors (Lipinski definition) is 6. The maximum Gasteiger partial charge on any atom is 0.355 e. The summed E-state index contributed by atoms with van der Waals surface area (Å²) in [5.74, 6) is 0.342. The molecule has 3 aromatic rings. The lowest BCUT2D eigenvalue weighted by Crippen LogP contribution is -2.34. The van der Waals surface area contributed by atoms with Gasteiger partial charge >= 0.3 is 5.97 Å². The van der Waals surface area contributed by atoms with Crippen LogP contribution >= 0.6 is 11.3 Å². The Bertz CT molecular complexity index is 953. The third-order valence-electron chi connectivity index (χ3n) is 4.18. The molecule has 0 aliphatic carbocycles. The topological polar surface area (TPSA) is 80.9 Å². The zero-order valence-corrected chi connectivity index (χ0v) is 15.7. The summed E-state index contributed by atoms with van der Waals surface area (Å²) in [6.07, 6.45) is 1.62. The van der Waals surface area contributed by atoms with E-state index in [4.69, 9.17) is 14.2 Å². The fourth-order valence-corrected chi connectivity index (χ4v) is 3.51. The number of benzene rings is 1. The number of ether oxygens (including phenoxy) is 3. The van der Waals surface area contributed by atoms with Gasteiger partial charge in [0.05, 0.1) is 6.54 Å². The van der Waals surface area contributed by atoms with Crippen LogP contribution in [0.1, 0.15) is 15.4 Å². The van der Waals surface area contributed by atoms with Gasteiger partial charge in [0.1, 0.15) is 18.9 Å². The molecule has 0 radical (unpaired) electrons. The first kappa shape index (κ1) is 18.1. The van der Waals surface area contributed by atoms with E-state index in [9.17, 15) is 9.59 Å². The van der Waals surface area contributed by atoms with Crippen molar-refractivity contribution in [2.24, 2.45) is 0 Å². The normalized spacial score (nSPS) is 12.4. The number of carbonyl (C=O) groups excluding carboxylic acids is 2. The quantitative estimate of drug-likeness (QED) is 0.645. The van der Waals surface area contributed by atoms with Crippen LogP contribution in [0.2, 0.25) is 0 Å². The van der Waals surface area contributed by atoms with Gasteiger partial charge in [-0.25, -0.2) is 4.79 Å². The molecule has 2 aromatic heterocycles. The Balaban J connectivity index is 1.53. The van der Waals surface area contributed by atoms with Crippen LogP contribution in [0.15, 0.2) is 54.0 Å². The second kappa shape index (κ2) is 8.18. The number of nitrogens with one attached hydrogen (secondary N) is 1. The first-order valence-electron chi connectivity index (χ1n) is 8.73. The lowest BCUT2D eigenvalue weighted by atomic mass is 10.2. The summed E-state index contributed by atoms with van der Waals surface area (Å²) in [5.41, 5.74) is 0.954. The number of hydrogen-bond donors (Lipinski definition) is 1. The second-order valence-corrected chi connectivity index (χ2v) is 7.08. The van der Waals surface area contributed by atoms with Crippen molar-refractivity contribution in [3.63, 3.8) is 0 Å². The average Bonchev–Trinajstić information content (AvgIpc) is 3.44. The molecule has 4 rings (SSSR count). The lowest BCUT2D eigenvalue weighted by molar-refractivity contribution is -0.121. The number of thiophene rings is 1. The average molecular weight is 398 g/mol. The molecule has 0 atom stereocenters. The second-order valence-electron chi connectivity index (χ2n) is 6.05. The number of rotatable bonds is 6.